The molecule has 0 fully saturated rings. The molecule has 7 heteroatoms. The van der Waals surface area contributed by atoms with Crippen molar-refractivity contribution in [3.05, 3.63) is 273 Å². The fourth-order valence-corrected chi connectivity index (χ4v) is 39.6. The molecule has 2 atom stereocenters. The van der Waals surface area contributed by atoms with Gasteiger partial charge in [0.05, 0.1) is 0 Å². The molecule has 69 heavy (non-hydrogen) atoms. The first-order valence-electron chi connectivity index (χ1n) is 23.5. The van der Waals surface area contributed by atoms with Crippen LogP contribution < -0.4 is 36.2 Å². The second kappa shape index (κ2) is 25.5. The Bertz CT molecular complexity index is 2470. The molecular weight excluding hydrogens is 1160 g/mol. The Hall–Kier alpha value is -6.11. The van der Waals surface area contributed by atoms with Crippen molar-refractivity contribution in [3.63, 3.8) is 0 Å². The van der Waals surface area contributed by atoms with E-state index in [0.29, 0.717) is 10.5 Å². The second-order valence-corrected chi connectivity index (χ2v) is 42.4. The number of carboxylic acids is 2. The normalized spacial score (nSPS) is 12.0. The molecule has 0 aromatic heterocycles. The van der Waals surface area contributed by atoms with Crippen LogP contribution in [0.1, 0.15) is 13.8 Å². The number of hydrogen-bond donors (Lipinski definition) is 2. The molecule has 9 rings (SSSR count). The zero-order valence-electron chi connectivity index (χ0n) is 39.2. The predicted molar refractivity (Wildman–Crippen MR) is 295 cm³/mol. The van der Waals surface area contributed by atoms with E-state index in [-0.39, 0.29) is 11.8 Å². The van der Waals surface area contributed by atoms with Crippen LogP contribution in [0.25, 0.3) is 0 Å². The van der Waals surface area contributed by atoms with Gasteiger partial charge in [0.1, 0.15) is 0 Å². The van der Waals surface area contributed by atoms with Gasteiger partial charge in [0.2, 0.25) is 0 Å². The van der Waals surface area contributed by atoms with Crippen molar-refractivity contribution < 1.29 is 19.8 Å². The van der Waals surface area contributed by atoms with Gasteiger partial charge in [-0.1, -0.05) is 0 Å². The molecule has 0 saturated heterocycles. The van der Waals surface area contributed by atoms with Crippen molar-refractivity contribution in [2.24, 2.45) is 11.8 Å². The Balaban J connectivity index is 0.000000154. The molecule has 0 aliphatic carbocycles. The Morgan fingerprint density at radius 3 is 0.638 bits per heavy atom. The quantitative estimate of drug-likeness (QED) is 0.102. The first kappa shape index (κ1) is 50.8. The Kier molecular flexibility index (Phi) is 18.7. The van der Waals surface area contributed by atoms with Gasteiger partial charge in [0.25, 0.3) is 0 Å². The topological polar surface area (TPSA) is 74.6 Å². The van der Waals surface area contributed by atoms with Gasteiger partial charge >= 0.3 is 425 Å². The Morgan fingerprint density at radius 1 is 0.319 bits per heavy atom. The number of benzene rings is 9. The van der Waals surface area contributed by atoms with Crippen molar-refractivity contribution in [2.45, 2.75) is 24.4 Å². The first-order valence-corrected chi connectivity index (χ1v) is 38.0. The van der Waals surface area contributed by atoms with E-state index < -0.39 is 60.2 Å². The van der Waals surface area contributed by atoms with Crippen LogP contribution in [0, 0.1) is 11.8 Å². The summed E-state index contributed by atoms with van der Waals surface area (Å²) in [6, 6.07) is 95.9. The van der Waals surface area contributed by atoms with E-state index in [0.717, 1.165) is 0 Å². The fourth-order valence-electron chi connectivity index (χ4n) is 9.31. The van der Waals surface area contributed by atoms with E-state index in [1.54, 1.807) is 0 Å². The van der Waals surface area contributed by atoms with E-state index in [1.165, 1.54) is 36.2 Å². The van der Waals surface area contributed by atoms with Gasteiger partial charge in [-0.3, -0.25) is 0 Å². The summed E-state index contributed by atoms with van der Waals surface area (Å²) in [5, 5.41) is 20.6. The third-order valence-corrected chi connectivity index (χ3v) is 44.0. The first-order chi connectivity index (χ1) is 33.7. The number of carboxylic acid groups (broad SMARTS) is 2. The van der Waals surface area contributed by atoms with Crippen LogP contribution in [0.15, 0.2) is 273 Å². The Morgan fingerprint density at radius 2 is 0.478 bits per heavy atom. The van der Waals surface area contributed by atoms with Crippen molar-refractivity contribution in [3.8, 4) is 0 Å². The summed E-state index contributed by atoms with van der Waals surface area (Å²) in [6.45, 7) is 3.66. The molecule has 0 bridgehead atoms. The molecule has 0 spiro atoms. The number of carbonyl (C=O) groups is 2. The van der Waals surface area contributed by atoms with E-state index in [4.69, 9.17) is 0 Å². The summed E-state index contributed by atoms with van der Waals surface area (Å²) in [5.41, 5.74) is 0. The van der Waals surface area contributed by atoms with E-state index in [9.17, 15) is 19.8 Å². The van der Waals surface area contributed by atoms with Gasteiger partial charge in [0.15, 0.2) is 0 Å². The molecule has 0 saturated carbocycles. The molecule has 0 heterocycles. The molecule has 9 aromatic rings. The second-order valence-electron chi connectivity index (χ2n) is 17.2. The van der Waals surface area contributed by atoms with Crippen LogP contribution in [-0.2, 0) is 9.59 Å². The molecule has 0 amide bonds. The van der Waals surface area contributed by atoms with Crippen LogP contribution in [0.4, 0.5) is 0 Å². The molecular formula is C62H59BiGe2O4. The zero-order chi connectivity index (χ0) is 48.3. The third-order valence-electron chi connectivity index (χ3n) is 12.7. The van der Waals surface area contributed by atoms with Crippen LogP contribution in [-0.4, -0.2) is 70.4 Å². The number of hydrogen-bond acceptors (Lipinski definition) is 2. The molecule has 2 N–H and O–H groups in total. The van der Waals surface area contributed by atoms with Crippen LogP contribution >= 0.6 is 0 Å². The van der Waals surface area contributed by atoms with Crippen LogP contribution in [0.2, 0.25) is 10.5 Å². The minimum atomic E-state index is -3.11. The minimum absolute atomic E-state index is 0.388. The SMILES string of the molecule is CC([CH2][Ge]([c]1ccccc1)([c]1ccccc1)[c]1ccccc1)C(=O)O.CC([CH2][Ge]([c]1ccccc1)([c]1ccccc1)[c]1ccccc1)C(=O)O.c1cc[c]([Bi]([c]2ccccc2)[c]2ccccc2)cc1. The van der Waals surface area contributed by atoms with Gasteiger partial charge in [-0.25, -0.2) is 0 Å². The maximum absolute atomic E-state index is 11.7. The fraction of sp³-hybridized carbons (Fsp3) is 0.0968. The van der Waals surface area contributed by atoms with E-state index >= 15 is 0 Å². The van der Waals surface area contributed by atoms with Gasteiger partial charge in [-0.2, -0.15) is 0 Å². The van der Waals surface area contributed by atoms with Gasteiger partial charge in [0, 0.05) is 0 Å². The molecule has 9 aromatic carbocycles. The number of aliphatic carboxylic acids is 2. The summed E-state index contributed by atoms with van der Waals surface area (Å²) in [6.07, 6.45) is 0. The molecule has 0 aliphatic heterocycles. The maximum atomic E-state index is 11.7. The predicted octanol–water partition coefficient (Wildman–Crippen LogP) is 7.96. The summed E-state index contributed by atoms with van der Waals surface area (Å²) in [7, 11) is 0. The average molecular weight is 1220 g/mol. The van der Waals surface area contributed by atoms with Crippen LogP contribution in [0.3, 0.4) is 0 Å². The van der Waals surface area contributed by atoms with E-state index in [1.807, 2.05) is 50.2 Å². The van der Waals surface area contributed by atoms with Crippen molar-refractivity contribution in [2.75, 3.05) is 0 Å². The molecule has 0 aliphatic rings. The monoisotopic (exact) mass is 1220 g/mol. The van der Waals surface area contributed by atoms with Crippen molar-refractivity contribution in [1.82, 2.24) is 0 Å². The summed E-state index contributed by atoms with van der Waals surface area (Å²) >= 11 is -8.28. The molecule has 0 radical (unpaired) electrons. The van der Waals surface area contributed by atoms with Crippen LogP contribution in [0.5, 0.6) is 0 Å². The van der Waals surface area contributed by atoms with Crippen molar-refractivity contribution >= 4 is 96.4 Å². The van der Waals surface area contributed by atoms with E-state index in [2.05, 4.69) is 237 Å². The van der Waals surface area contributed by atoms with Gasteiger partial charge in [-0.15, -0.1) is 0 Å². The molecule has 2 unspecified atom stereocenters. The molecule has 344 valence electrons. The van der Waals surface area contributed by atoms with Crippen molar-refractivity contribution in [1.29, 1.82) is 0 Å². The van der Waals surface area contributed by atoms with Gasteiger partial charge in [-0.05, 0) is 0 Å². The third kappa shape index (κ3) is 12.8. The zero-order valence-corrected chi connectivity index (χ0v) is 46.9. The standard InChI is InChI=1S/2C22H22GeO2.3C6H5.Bi/c2*1-18(22(24)25)17-23(19-11-5-2-6-12-19,20-13-7-3-8-14-20)21-15-9-4-10-16-21;3*1-2-4-6-5-3-1;/h2*2-16,18H,17H2,1H3,(H,24,25);3*1-5H;. The average Bonchev–Trinajstić information content (AvgIpc) is 3.42. The Labute approximate surface area is 421 Å². The van der Waals surface area contributed by atoms with Gasteiger partial charge < -0.3 is 0 Å². The summed E-state index contributed by atoms with van der Waals surface area (Å²) in [5.74, 6) is -2.23. The summed E-state index contributed by atoms with van der Waals surface area (Å²) in [4.78, 5) is 23.4. The number of rotatable bonds is 15. The summed E-state index contributed by atoms with van der Waals surface area (Å²) < 4.78 is 12.4. The molecule has 4 nitrogen and oxygen atoms in total.